The summed E-state index contributed by atoms with van der Waals surface area (Å²) in [7, 11) is -0.248. The Hall–Kier alpha value is -3.02. The summed E-state index contributed by atoms with van der Waals surface area (Å²) in [4.78, 5) is 21.1. The van der Waals surface area contributed by atoms with E-state index in [4.69, 9.17) is 9.97 Å². The van der Waals surface area contributed by atoms with Gasteiger partial charge in [0.15, 0.2) is 5.82 Å². The van der Waals surface area contributed by atoms with Crippen molar-refractivity contribution in [1.29, 1.82) is 0 Å². The molecule has 0 aliphatic carbocycles. The minimum absolute atomic E-state index is 0.0678. The van der Waals surface area contributed by atoms with E-state index >= 15 is 0 Å². The number of thiophene rings is 1. The molecule has 6 nitrogen and oxygen atoms in total. The van der Waals surface area contributed by atoms with Crippen LogP contribution in [0.25, 0.3) is 10.2 Å². The summed E-state index contributed by atoms with van der Waals surface area (Å²) in [6, 6.07) is 16.3. The minimum Gasteiger partial charge on any atom is -0.338 e. The number of fused-ring (bicyclic) bond motifs is 2. The Balaban J connectivity index is 1.48. The quantitative estimate of drug-likeness (QED) is 0.356. The van der Waals surface area contributed by atoms with E-state index in [2.05, 4.69) is 53.5 Å². The molecular weight excluding hydrogens is 425 g/mol. The Morgan fingerprint density at radius 1 is 1.03 bits per heavy atom. The molecule has 2 aromatic heterocycles. The normalized spacial score (nSPS) is 13.2. The second-order valence-electron chi connectivity index (χ2n) is 7.61. The highest BCUT2D eigenvalue weighted by atomic mass is 32.1. The van der Waals surface area contributed by atoms with Crippen molar-refractivity contribution >= 4 is 69.5 Å². The van der Waals surface area contributed by atoms with Gasteiger partial charge < -0.3 is 16.0 Å². The first-order valence-corrected chi connectivity index (χ1v) is 13.2. The van der Waals surface area contributed by atoms with Gasteiger partial charge in [0, 0.05) is 23.5 Å². The zero-order chi connectivity index (χ0) is 21.4. The van der Waals surface area contributed by atoms with Crippen LogP contribution in [0, 0.1) is 0 Å². The summed E-state index contributed by atoms with van der Waals surface area (Å²) >= 11 is 1.63. The summed E-state index contributed by atoms with van der Waals surface area (Å²) in [6.07, 6.45) is 1.25. The van der Waals surface area contributed by atoms with Crippen LogP contribution < -0.4 is 21.3 Å². The molecule has 0 radical (unpaired) electrons. The van der Waals surface area contributed by atoms with Crippen LogP contribution in [0.3, 0.4) is 0 Å². The molecule has 8 heteroatoms. The van der Waals surface area contributed by atoms with Crippen molar-refractivity contribution in [3.05, 3.63) is 59.5 Å². The number of aryl methyl sites for hydroxylation is 1. The second-order valence-corrected chi connectivity index (χ2v) is 10.8. The lowest BCUT2D eigenvalue weighted by Gasteiger charge is -2.18. The number of para-hydroxylation sites is 1. The molecular formula is C23H22N5OPS. The summed E-state index contributed by atoms with van der Waals surface area (Å²) < 4.78 is 1.03. The van der Waals surface area contributed by atoms with Crippen LogP contribution in [0.2, 0.25) is 0 Å². The molecule has 3 heterocycles. The Morgan fingerprint density at radius 3 is 2.77 bits per heavy atom. The summed E-state index contributed by atoms with van der Waals surface area (Å²) in [6.45, 7) is 4.50. The molecule has 3 N–H and O–H groups in total. The smallest absolute Gasteiger partial charge is 0.229 e. The van der Waals surface area contributed by atoms with Crippen molar-refractivity contribution in [3.8, 4) is 0 Å². The number of nitrogens with one attached hydrogen (secondary N) is 3. The maximum atomic E-state index is 11.6. The van der Waals surface area contributed by atoms with E-state index < -0.39 is 0 Å². The van der Waals surface area contributed by atoms with Gasteiger partial charge in [-0.3, -0.25) is 4.79 Å². The molecule has 0 saturated heterocycles. The number of hydrogen-bond donors (Lipinski definition) is 3. The van der Waals surface area contributed by atoms with Crippen LogP contribution >= 0.6 is 19.3 Å². The predicted octanol–water partition coefficient (Wildman–Crippen LogP) is 5.43. The first-order chi connectivity index (χ1) is 15.1. The molecule has 0 spiro atoms. The van der Waals surface area contributed by atoms with Crippen molar-refractivity contribution in [2.45, 2.75) is 12.8 Å². The molecule has 0 fully saturated rings. The van der Waals surface area contributed by atoms with E-state index in [1.165, 1.54) is 5.30 Å². The highest BCUT2D eigenvalue weighted by Crippen LogP contribution is 2.34. The van der Waals surface area contributed by atoms with Gasteiger partial charge in [0.25, 0.3) is 0 Å². The van der Waals surface area contributed by atoms with Crippen LogP contribution in [-0.4, -0.2) is 29.2 Å². The van der Waals surface area contributed by atoms with Crippen molar-refractivity contribution in [3.63, 3.8) is 0 Å². The fourth-order valence-electron chi connectivity index (χ4n) is 3.69. The summed E-state index contributed by atoms with van der Waals surface area (Å²) in [5, 5.41) is 13.2. The zero-order valence-electron chi connectivity index (χ0n) is 17.3. The number of anilines is 5. The Bertz CT molecular complexity index is 1290. The van der Waals surface area contributed by atoms with Gasteiger partial charge in [-0.1, -0.05) is 26.1 Å². The van der Waals surface area contributed by atoms with Crippen molar-refractivity contribution in [1.82, 2.24) is 9.97 Å². The van der Waals surface area contributed by atoms with Gasteiger partial charge in [-0.2, -0.15) is 4.98 Å². The van der Waals surface area contributed by atoms with Crippen molar-refractivity contribution < 1.29 is 4.79 Å². The number of benzene rings is 2. The standard InChI is InChI=1S/C23H22N5OPS/c1-30(2)19-6-4-3-5-17(19)26-22-21-18(11-12-31-21)27-23(28-22)24-15-8-9-16-14(13-15)7-10-20(29)25-16/h3-6,8-9,11-13H,7,10H2,1-2H3,(H,25,29)(H2,24,26,27,28). The van der Waals surface area contributed by atoms with E-state index in [-0.39, 0.29) is 13.8 Å². The van der Waals surface area contributed by atoms with E-state index in [9.17, 15) is 4.79 Å². The van der Waals surface area contributed by atoms with Crippen molar-refractivity contribution in [2.75, 3.05) is 29.3 Å². The predicted molar refractivity (Wildman–Crippen MR) is 132 cm³/mol. The molecule has 0 atom stereocenters. The SMILES string of the molecule is CP(C)c1ccccc1Nc1nc(Nc2ccc3c(c2)CCC(=O)N3)nc2ccsc12. The first kappa shape index (κ1) is 19.9. The van der Waals surface area contributed by atoms with Gasteiger partial charge in [-0.25, -0.2) is 4.98 Å². The number of rotatable bonds is 5. The molecule has 5 rings (SSSR count). The summed E-state index contributed by atoms with van der Waals surface area (Å²) in [5.74, 6) is 1.41. The Kier molecular flexibility index (Phi) is 5.30. The van der Waals surface area contributed by atoms with Gasteiger partial charge in [0.2, 0.25) is 11.9 Å². The van der Waals surface area contributed by atoms with Gasteiger partial charge in [-0.05, 0) is 66.3 Å². The van der Waals surface area contributed by atoms with Crippen LogP contribution in [0.5, 0.6) is 0 Å². The van der Waals surface area contributed by atoms with Crippen LogP contribution in [0.1, 0.15) is 12.0 Å². The fourth-order valence-corrected chi connectivity index (χ4v) is 5.46. The van der Waals surface area contributed by atoms with Gasteiger partial charge in [0.1, 0.15) is 0 Å². The molecule has 1 aliphatic heterocycles. The van der Waals surface area contributed by atoms with Gasteiger partial charge in [-0.15, -0.1) is 11.3 Å². The van der Waals surface area contributed by atoms with Gasteiger partial charge in [0.05, 0.1) is 10.2 Å². The van der Waals surface area contributed by atoms with Gasteiger partial charge >= 0.3 is 0 Å². The lowest BCUT2D eigenvalue weighted by Crippen LogP contribution is -2.18. The largest absolute Gasteiger partial charge is 0.338 e. The Morgan fingerprint density at radius 2 is 1.90 bits per heavy atom. The maximum Gasteiger partial charge on any atom is 0.229 e. The molecule has 1 aliphatic rings. The average molecular weight is 448 g/mol. The molecule has 0 bridgehead atoms. The number of carbonyl (C=O) groups excluding carboxylic acids is 1. The number of aromatic nitrogens is 2. The van der Waals surface area contributed by atoms with Crippen LogP contribution in [0.4, 0.5) is 28.8 Å². The number of carbonyl (C=O) groups is 1. The topological polar surface area (TPSA) is 78.9 Å². The van der Waals surface area contributed by atoms with E-state index in [1.807, 2.05) is 29.6 Å². The molecule has 31 heavy (non-hydrogen) atoms. The molecule has 156 valence electrons. The maximum absolute atomic E-state index is 11.6. The monoisotopic (exact) mass is 447 g/mol. The van der Waals surface area contributed by atoms with E-state index in [1.54, 1.807) is 11.3 Å². The summed E-state index contributed by atoms with van der Waals surface area (Å²) in [5.41, 5.74) is 4.89. The number of hydrogen-bond acceptors (Lipinski definition) is 6. The molecule has 0 saturated carbocycles. The third-order valence-corrected chi connectivity index (χ3v) is 7.46. The average Bonchev–Trinajstić information content (AvgIpc) is 3.23. The lowest BCUT2D eigenvalue weighted by molar-refractivity contribution is -0.116. The Labute approximate surface area is 185 Å². The van der Waals surface area contributed by atoms with E-state index in [0.29, 0.717) is 12.4 Å². The highest BCUT2D eigenvalue weighted by Gasteiger charge is 2.16. The van der Waals surface area contributed by atoms with Crippen molar-refractivity contribution in [2.24, 2.45) is 0 Å². The lowest BCUT2D eigenvalue weighted by atomic mass is 10.0. The molecule has 4 aromatic rings. The minimum atomic E-state index is -0.248. The third kappa shape index (κ3) is 4.11. The highest BCUT2D eigenvalue weighted by molar-refractivity contribution is 7.64. The second kappa shape index (κ2) is 8.25. The van der Waals surface area contributed by atoms with E-state index in [0.717, 1.165) is 45.1 Å². The molecule has 2 aromatic carbocycles. The number of nitrogens with zero attached hydrogens (tertiary/aromatic N) is 2. The third-order valence-electron chi connectivity index (χ3n) is 5.20. The first-order valence-electron chi connectivity index (χ1n) is 10.1. The molecule has 1 amide bonds. The van der Waals surface area contributed by atoms with Crippen LogP contribution in [0.15, 0.2) is 53.9 Å². The fraction of sp³-hybridized carbons (Fsp3) is 0.174. The number of amides is 1. The van der Waals surface area contributed by atoms with Crippen LogP contribution in [-0.2, 0) is 11.2 Å². The zero-order valence-corrected chi connectivity index (χ0v) is 19.0. The molecule has 0 unspecified atom stereocenters.